The van der Waals surface area contributed by atoms with Gasteiger partial charge in [-0.3, -0.25) is 0 Å². The van der Waals surface area contributed by atoms with Gasteiger partial charge in [0.05, 0.1) is 5.41 Å². The second-order valence-corrected chi connectivity index (χ2v) is 19.3. The molecule has 12 aromatic rings. The van der Waals surface area contributed by atoms with Crippen LogP contribution in [-0.2, 0) is 136 Å². The van der Waals surface area contributed by atoms with Crippen LogP contribution < -0.4 is 0 Å². The molecule has 4 radical (unpaired) electrons. The summed E-state index contributed by atoms with van der Waals surface area (Å²) in [5, 5.41) is 0. The molecule has 2 aliphatic rings. The van der Waals surface area contributed by atoms with Crippen molar-refractivity contribution in [2.24, 2.45) is 0 Å². The van der Waals surface area contributed by atoms with Gasteiger partial charge in [0, 0.05) is 131 Å². The third-order valence-electron chi connectivity index (χ3n) is 15.4. The second kappa shape index (κ2) is 23.8. The molecule has 14 rings (SSSR count). The van der Waals surface area contributed by atoms with Gasteiger partial charge in [-0.25, -0.2) is 0 Å². The van der Waals surface area contributed by atoms with E-state index in [0.29, 0.717) is 0 Å². The Morgan fingerprint density at radius 3 is 0.494 bits per heavy atom. The molecule has 0 saturated carbocycles. The van der Waals surface area contributed by atoms with Crippen molar-refractivity contribution >= 4 is 0 Å². The molecule has 1 spiro atoms. The molecule has 0 N–H and O–H groups in total. The zero-order valence-corrected chi connectivity index (χ0v) is 53.6. The fraction of sp³-hybridized carbons (Fsp3) is 0.0137. The van der Waals surface area contributed by atoms with E-state index >= 15 is 0 Å². The monoisotopic (exact) mass is 1280 g/mol. The van der Waals surface area contributed by atoms with Crippen molar-refractivity contribution in [1.29, 1.82) is 0 Å². The Balaban J connectivity index is 0.00000168. The van der Waals surface area contributed by atoms with E-state index < -0.39 is 5.41 Å². The number of rotatable bonds is 8. The normalized spacial score (nSPS) is 11.8. The van der Waals surface area contributed by atoms with Crippen LogP contribution in [0, 0.1) is 24.3 Å². The molecule has 0 fully saturated rings. The van der Waals surface area contributed by atoms with Gasteiger partial charge < -0.3 is 0 Å². The van der Waals surface area contributed by atoms with E-state index in [9.17, 15) is 0 Å². The van der Waals surface area contributed by atoms with E-state index in [4.69, 9.17) is 0 Å². The van der Waals surface area contributed by atoms with Gasteiger partial charge in [0.15, 0.2) is 0 Å². The summed E-state index contributed by atoms with van der Waals surface area (Å²) in [5.41, 5.74) is 28.7. The maximum atomic E-state index is 3.17. The molecule has 0 nitrogen and oxygen atoms in total. The van der Waals surface area contributed by atoms with Crippen LogP contribution in [0.1, 0.15) is 22.3 Å². The molecule has 0 aromatic heterocycles. The van der Waals surface area contributed by atoms with Gasteiger partial charge in [0.2, 0.25) is 0 Å². The Morgan fingerprint density at radius 2 is 0.312 bits per heavy atom. The van der Waals surface area contributed by atoms with Gasteiger partial charge in [0.25, 0.3) is 0 Å². The summed E-state index contributed by atoms with van der Waals surface area (Å²) in [4.78, 5) is 0. The second-order valence-electron chi connectivity index (χ2n) is 19.3. The Kier molecular flexibility index (Phi) is 17.1. The van der Waals surface area contributed by atoms with Crippen molar-refractivity contribution in [3.8, 4) is 111 Å². The van der Waals surface area contributed by atoms with Crippen molar-refractivity contribution in [3.63, 3.8) is 0 Å². The van der Waals surface area contributed by atoms with E-state index in [2.05, 4.69) is 243 Å². The number of fused-ring (bicyclic) bond motifs is 10. The minimum absolute atomic E-state index is 0. The molecule has 0 unspecified atom stereocenters. The van der Waals surface area contributed by atoms with Crippen LogP contribution in [0.15, 0.2) is 267 Å². The first-order valence-corrected chi connectivity index (χ1v) is 25.0. The topological polar surface area (TPSA) is 0 Å². The van der Waals surface area contributed by atoms with Gasteiger partial charge in [-0.1, -0.05) is 146 Å². The van der Waals surface area contributed by atoms with Crippen LogP contribution in [0.4, 0.5) is 0 Å². The Hall–Kier alpha value is -4.94. The molecule has 12 aromatic carbocycles. The van der Waals surface area contributed by atoms with Gasteiger partial charge in [-0.15, -0.1) is 22.3 Å². The van der Waals surface area contributed by atoms with Crippen LogP contribution >= 0.6 is 0 Å². The molecular formula is C73H44Y4-4. The van der Waals surface area contributed by atoms with Crippen molar-refractivity contribution in [2.45, 2.75) is 5.41 Å². The van der Waals surface area contributed by atoms with Crippen molar-refractivity contribution < 1.29 is 131 Å². The maximum absolute atomic E-state index is 3.17. The van der Waals surface area contributed by atoms with Crippen LogP contribution in [0.5, 0.6) is 0 Å². The first kappa shape index (κ1) is 55.4. The molecule has 0 aliphatic heterocycles. The van der Waals surface area contributed by atoms with E-state index in [0.717, 1.165) is 0 Å². The zero-order chi connectivity index (χ0) is 48.3. The molecule has 0 amide bonds. The van der Waals surface area contributed by atoms with E-state index in [-0.39, 0.29) is 131 Å². The predicted octanol–water partition coefficient (Wildman–Crippen LogP) is 18.6. The largest absolute Gasteiger partial charge is 0.184 e. The summed E-state index contributed by atoms with van der Waals surface area (Å²) < 4.78 is 0. The number of hydrogen-bond acceptors (Lipinski definition) is 0. The Morgan fingerprint density at radius 1 is 0.169 bits per heavy atom. The third kappa shape index (κ3) is 10.1. The van der Waals surface area contributed by atoms with Crippen LogP contribution in [-0.4, -0.2) is 0 Å². The summed E-state index contributed by atoms with van der Waals surface area (Å²) >= 11 is 0. The fourth-order valence-electron chi connectivity index (χ4n) is 11.7. The van der Waals surface area contributed by atoms with Gasteiger partial charge >= 0.3 is 0 Å². The minimum Gasteiger partial charge on any atom is -0.184 e. The molecule has 2 aliphatic carbocycles. The van der Waals surface area contributed by atoms with E-state index in [1.54, 1.807) is 0 Å². The standard InChI is InChI=1S/C73H44.4Y/c1-5-13-49(14-6-1)53-21-29-57(30-22-53)61-37-41-65-66-42-38-62(58-31-23-54(24-32-58)50-15-7-2-8-16-50)46-70(66)73(69(65)45-61)71-47-63(59-33-25-55(26-34-59)51-17-9-3-10-18-51)39-43-67(71)68-44-40-64(48-72(68)73)60-35-27-56(28-36-60)52-19-11-4-12-20-52;;;;/h5-48H;;;;/q-4;;;;. The molecule has 77 heavy (non-hydrogen) atoms. The van der Waals surface area contributed by atoms with Gasteiger partial charge in [-0.05, 0) is 136 Å². The van der Waals surface area contributed by atoms with Crippen LogP contribution in [0.3, 0.4) is 0 Å². The van der Waals surface area contributed by atoms with Crippen molar-refractivity contribution in [1.82, 2.24) is 0 Å². The van der Waals surface area contributed by atoms with Crippen molar-refractivity contribution in [3.05, 3.63) is 313 Å². The minimum atomic E-state index is -0.644. The molecular weight excluding hydrogens is 1230 g/mol. The summed E-state index contributed by atoms with van der Waals surface area (Å²) in [7, 11) is 0. The maximum Gasteiger partial charge on any atom is 0.0726 e. The summed E-state index contributed by atoms with van der Waals surface area (Å²) in [6.07, 6.45) is 0. The zero-order valence-electron chi connectivity index (χ0n) is 42.2. The Labute approximate surface area is 553 Å². The molecule has 4 heteroatoms. The van der Waals surface area contributed by atoms with E-state index in [1.807, 2.05) is 48.5 Å². The fourth-order valence-corrected chi connectivity index (χ4v) is 11.7. The molecule has 0 heterocycles. The Bertz CT molecular complexity index is 3470. The number of hydrogen-bond donors (Lipinski definition) is 0. The molecule has 0 atom stereocenters. The summed E-state index contributed by atoms with van der Waals surface area (Å²) in [5.74, 6) is 0. The summed E-state index contributed by atoms with van der Waals surface area (Å²) in [6.45, 7) is 0. The van der Waals surface area contributed by atoms with Crippen molar-refractivity contribution in [2.75, 3.05) is 0 Å². The quantitative estimate of drug-likeness (QED) is 0.133. The van der Waals surface area contributed by atoms with E-state index in [1.165, 1.54) is 134 Å². The van der Waals surface area contributed by atoms with Crippen LogP contribution in [0.2, 0.25) is 0 Å². The van der Waals surface area contributed by atoms with Gasteiger partial charge in [0.1, 0.15) is 0 Å². The average Bonchev–Trinajstić information content (AvgIpc) is 4.15. The number of benzene rings is 12. The summed E-state index contributed by atoms with van der Waals surface area (Å²) in [6, 6.07) is 111. The molecule has 0 bridgehead atoms. The third-order valence-corrected chi connectivity index (χ3v) is 15.4. The average molecular weight is 1280 g/mol. The first-order chi connectivity index (χ1) is 36.2. The SMILES string of the molecule is [Y].[Y].[Y].[Y].[c-]1ccc(-c2ccc(-c3ccc4c(c3)C3(c5cc(-c6ccc(-c7cc[c-]cc7)cc6)ccc5-4)c4cc(-c5ccc(-c6cc[c-]cc6)cc5)ccc4-c4ccc(-c5ccc(-c6cc[c-]cc6)cc5)cc43)cc2)cc1. The predicted molar refractivity (Wildman–Crippen MR) is 302 cm³/mol. The van der Waals surface area contributed by atoms with Crippen LogP contribution in [0.25, 0.3) is 111 Å². The van der Waals surface area contributed by atoms with Gasteiger partial charge in [-0.2, -0.15) is 121 Å². The first-order valence-electron chi connectivity index (χ1n) is 25.0. The smallest absolute Gasteiger partial charge is 0.0726 e. The molecule has 352 valence electrons. The molecule has 0 saturated heterocycles.